The number of aliphatic hydroxyl groups is 1. The molecule has 10 rings (SSSR count). The summed E-state index contributed by atoms with van der Waals surface area (Å²) >= 11 is 0. The molecular weight excluding hydrogens is 1050 g/mol. The molecule has 3 fully saturated rings. The molecule has 7 atom stereocenters. The summed E-state index contributed by atoms with van der Waals surface area (Å²) in [5.74, 6) is -0.804. The topological polar surface area (TPSA) is 229 Å². The molecule has 4 amide bonds. The molecule has 0 aromatic heterocycles. The van der Waals surface area contributed by atoms with Gasteiger partial charge in [-0.1, -0.05) is 105 Å². The molecule has 0 saturated carbocycles. The number of benzene rings is 5. The van der Waals surface area contributed by atoms with Gasteiger partial charge in [0.2, 0.25) is 18.6 Å². The van der Waals surface area contributed by atoms with Crippen molar-refractivity contribution in [3.63, 3.8) is 0 Å². The molecule has 426 valence electrons. The molecule has 0 bridgehead atoms. The predicted octanol–water partition coefficient (Wildman–Crippen LogP) is 5.41. The van der Waals surface area contributed by atoms with Gasteiger partial charge < -0.3 is 48.5 Å². The number of morpholine rings is 1. The molecule has 5 aliphatic rings. The predicted molar refractivity (Wildman–Crippen MR) is 294 cm³/mol. The fourth-order valence-corrected chi connectivity index (χ4v) is 12.1. The Labute approximate surface area is 474 Å². The number of aliphatic hydroxyl groups excluding tert-OH is 1. The van der Waals surface area contributed by atoms with Gasteiger partial charge in [0.25, 0.3) is 0 Å². The highest BCUT2D eigenvalue weighted by molar-refractivity contribution is 6.25. The number of anilines is 1. The van der Waals surface area contributed by atoms with E-state index in [1.807, 2.05) is 83.8 Å². The third-order valence-electron chi connectivity index (χ3n) is 15.9. The fraction of sp³-hybridized carbons (Fsp3) is 0.371. The zero-order chi connectivity index (χ0) is 57.8. The van der Waals surface area contributed by atoms with Crippen LogP contribution < -0.4 is 24.4 Å². The van der Waals surface area contributed by atoms with Crippen LogP contribution in [0.5, 0.6) is 17.2 Å². The van der Waals surface area contributed by atoms with Gasteiger partial charge in [-0.15, -0.1) is 0 Å². The van der Waals surface area contributed by atoms with Crippen LogP contribution in [0.1, 0.15) is 71.8 Å². The second-order valence-corrected chi connectivity index (χ2v) is 20.9. The molecule has 0 radical (unpaired) electrons. The number of urea groups is 1. The number of amides is 4. The van der Waals surface area contributed by atoms with Gasteiger partial charge in [-0.2, -0.15) is 0 Å². The lowest BCUT2D eigenvalue weighted by Gasteiger charge is -2.46. The molecule has 5 aromatic rings. The Balaban J connectivity index is 1.21. The first-order valence-electron chi connectivity index (χ1n) is 27.1. The summed E-state index contributed by atoms with van der Waals surface area (Å²) in [6, 6.07) is 29.8. The van der Waals surface area contributed by atoms with Crippen LogP contribution in [0, 0.1) is 29.6 Å². The number of carbonyl (C=O) groups is 7. The average Bonchev–Trinajstić information content (AvgIpc) is 2.09. The molecule has 20 heteroatoms. The number of ether oxygens (including phenoxy) is 7. The van der Waals surface area contributed by atoms with Crippen molar-refractivity contribution in [3.8, 4) is 29.1 Å². The Morgan fingerprint density at radius 1 is 0.744 bits per heavy atom. The highest BCUT2D eigenvalue weighted by atomic mass is 16.7. The van der Waals surface area contributed by atoms with Gasteiger partial charge in [0.1, 0.15) is 36.0 Å². The van der Waals surface area contributed by atoms with Gasteiger partial charge in [-0.05, 0) is 76.2 Å². The van der Waals surface area contributed by atoms with Crippen LogP contribution in [-0.4, -0.2) is 141 Å². The van der Waals surface area contributed by atoms with E-state index in [-0.39, 0.29) is 56.3 Å². The Kier molecular flexibility index (Phi) is 16.6. The van der Waals surface area contributed by atoms with E-state index in [0.29, 0.717) is 53.6 Å². The largest absolute Gasteiger partial charge is 0.491 e. The van der Waals surface area contributed by atoms with E-state index >= 15 is 19.2 Å². The Morgan fingerprint density at radius 2 is 1.41 bits per heavy atom. The van der Waals surface area contributed by atoms with Crippen LogP contribution in [0.3, 0.4) is 0 Å². The summed E-state index contributed by atoms with van der Waals surface area (Å²) in [6.07, 6.45) is -1.35. The van der Waals surface area contributed by atoms with Gasteiger partial charge in [-0.3, -0.25) is 33.8 Å². The van der Waals surface area contributed by atoms with Crippen molar-refractivity contribution in [2.45, 2.75) is 62.5 Å². The van der Waals surface area contributed by atoms with Crippen molar-refractivity contribution in [3.05, 3.63) is 155 Å². The number of fused-ring (bicyclic) bond motifs is 4. The highest BCUT2D eigenvalue weighted by Crippen LogP contribution is 2.66. The molecule has 0 unspecified atom stereocenters. The van der Waals surface area contributed by atoms with Crippen molar-refractivity contribution in [1.82, 2.24) is 20.0 Å². The van der Waals surface area contributed by atoms with Gasteiger partial charge in [0.15, 0.2) is 17.4 Å². The maximum atomic E-state index is 17.0. The van der Waals surface area contributed by atoms with E-state index < -0.39 is 95.2 Å². The lowest BCUT2D eigenvalue weighted by atomic mass is 9.64. The molecule has 5 heterocycles. The summed E-state index contributed by atoms with van der Waals surface area (Å²) in [6.45, 7) is 4.79. The van der Waals surface area contributed by atoms with Crippen molar-refractivity contribution < 1.29 is 71.8 Å². The number of carbonyl (C=O) groups excluding carboxylic acids is 7. The van der Waals surface area contributed by atoms with E-state index in [4.69, 9.17) is 33.2 Å². The lowest BCUT2D eigenvalue weighted by molar-refractivity contribution is -0.179. The van der Waals surface area contributed by atoms with Crippen molar-refractivity contribution in [2.24, 2.45) is 17.8 Å². The number of nitrogens with zero attached hydrogens (tertiary/aromatic N) is 4. The molecule has 0 aliphatic carbocycles. The van der Waals surface area contributed by atoms with Crippen LogP contribution in [0.15, 0.2) is 121 Å². The minimum Gasteiger partial charge on any atom is -0.491 e. The van der Waals surface area contributed by atoms with Crippen LogP contribution in [0.4, 0.5) is 10.5 Å². The highest BCUT2D eigenvalue weighted by Gasteiger charge is 2.76. The maximum absolute atomic E-state index is 17.0. The molecular formula is C62H63N5O15. The molecule has 20 nitrogen and oxygen atoms in total. The van der Waals surface area contributed by atoms with Crippen LogP contribution in [0.2, 0.25) is 0 Å². The smallest absolute Gasteiger partial charge is 0.329 e. The monoisotopic (exact) mass is 1120 g/mol. The molecule has 3 saturated heterocycles. The first kappa shape index (κ1) is 56.5. The Morgan fingerprint density at radius 3 is 2.09 bits per heavy atom. The normalized spacial score (nSPS) is 22.2. The summed E-state index contributed by atoms with van der Waals surface area (Å²) in [7, 11) is 3.46. The van der Waals surface area contributed by atoms with Crippen LogP contribution in [0.25, 0.3) is 0 Å². The summed E-state index contributed by atoms with van der Waals surface area (Å²) in [4.78, 5) is 110. The van der Waals surface area contributed by atoms with Gasteiger partial charge >= 0.3 is 29.9 Å². The van der Waals surface area contributed by atoms with E-state index in [1.54, 1.807) is 55.1 Å². The second-order valence-electron chi connectivity index (χ2n) is 20.9. The lowest BCUT2D eigenvalue weighted by Crippen LogP contribution is -2.59. The first-order chi connectivity index (χ1) is 39.7. The maximum Gasteiger partial charge on any atom is 0.329 e. The number of rotatable bonds is 15. The van der Waals surface area contributed by atoms with Gasteiger partial charge in [-0.25, -0.2) is 14.5 Å². The number of esters is 4. The number of cyclic esters (lactones) is 1. The van der Waals surface area contributed by atoms with E-state index in [2.05, 4.69) is 22.1 Å². The third-order valence-corrected chi connectivity index (χ3v) is 15.9. The minimum absolute atomic E-state index is 0.0236. The SMILES string of the molecule is COC(=O)C(CC#Cc1ccc2c(c1)[C@]1(C(=O)N2C(=O)N[C@H](C(=O)OC)C(C)C)[C@H](C(=O)N2CCN(Cc3ccc4c(c3)OCO4)CC2)[C@H]2C(=O)O[C@H](c3ccccc3)[C@H](c3ccccc3)N2[C@@H]1c1cccc(OCCO)c1)C(=O)OC. The zero-order valence-electron chi connectivity index (χ0n) is 46.0. The van der Waals surface area contributed by atoms with Crippen molar-refractivity contribution >= 4 is 47.4 Å². The van der Waals surface area contributed by atoms with Gasteiger partial charge in [0, 0.05) is 44.7 Å². The first-order valence-corrected chi connectivity index (χ1v) is 27.1. The molecule has 5 aliphatic heterocycles. The number of nitrogens with one attached hydrogen (secondary N) is 1. The van der Waals surface area contributed by atoms with E-state index in [9.17, 15) is 19.5 Å². The molecule has 1 spiro atoms. The number of methoxy groups -OCH3 is 3. The quantitative estimate of drug-likeness (QED) is 0.0578. The summed E-state index contributed by atoms with van der Waals surface area (Å²) < 4.78 is 38.8. The van der Waals surface area contributed by atoms with Crippen molar-refractivity contribution in [1.29, 1.82) is 0 Å². The minimum atomic E-state index is -2.23. The standard InChI is InChI=1S/C62H63N5O15/c1-37(2)50(58(72)78-5)63-61(75)66-46-24-22-38(14-12-21-44(56(70)76-3)57(71)77-4)32-45(46)62(60(66)74)49(55(69)65-28-26-64(27-29-65)35-39-23-25-47-48(33-39)81-36-80-47)52-59(73)82-53(41-17-10-7-11-18-41)51(40-15-8-6-9-16-40)67(52)54(62)42-19-13-20-43(34-42)79-31-30-68/h6-11,13,15-20,22-25,32-34,37,44,49-54,68H,21,26-31,35-36H2,1-5H3,(H,63,75)/t49-,50-,51-,52-,53+,54+,62-/m0/s1. The number of hydrogen-bond donors (Lipinski definition) is 2. The molecule has 5 aromatic carbocycles. The Bertz CT molecular complexity index is 3310. The average molecular weight is 1120 g/mol. The molecule has 2 N–H and O–H groups in total. The number of imide groups is 1. The third kappa shape index (κ3) is 10.5. The molecule has 82 heavy (non-hydrogen) atoms. The van der Waals surface area contributed by atoms with E-state index in [0.717, 1.165) is 24.7 Å². The second kappa shape index (κ2) is 24.1. The van der Waals surface area contributed by atoms with E-state index in [1.165, 1.54) is 13.2 Å². The number of hydrogen-bond acceptors (Lipinski definition) is 17. The van der Waals surface area contributed by atoms with Crippen molar-refractivity contribution in [2.75, 3.05) is 72.4 Å². The summed E-state index contributed by atoms with van der Waals surface area (Å²) in [5.41, 5.74) is 0.837. The fourth-order valence-electron chi connectivity index (χ4n) is 12.1. The Hall–Kier alpha value is -8.77. The van der Waals surface area contributed by atoms with Crippen LogP contribution >= 0.6 is 0 Å². The van der Waals surface area contributed by atoms with Crippen LogP contribution in [-0.2, 0) is 59.7 Å². The number of piperazine rings is 1. The zero-order valence-corrected chi connectivity index (χ0v) is 46.0. The summed E-state index contributed by atoms with van der Waals surface area (Å²) in [5, 5.41) is 12.7. The van der Waals surface area contributed by atoms with Gasteiger partial charge in [0.05, 0.1) is 51.6 Å².